The molecule has 0 bridgehead atoms. The molecule has 0 saturated carbocycles. The smallest absolute Gasteiger partial charge is 0.339 e. The number of hydrogen-bond acceptors (Lipinski definition) is 7. The predicted octanol–water partition coefficient (Wildman–Crippen LogP) is 3.28. The summed E-state index contributed by atoms with van der Waals surface area (Å²) in [5.41, 5.74) is 3.29. The first-order chi connectivity index (χ1) is 14.4. The largest absolute Gasteiger partial charge is 0.493 e. The van der Waals surface area contributed by atoms with Crippen LogP contribution in [0.25, 0.3) is 0 Å². The molecule has 0 aliphatic rings. The third-order valence-corrected chi connectivity index (χ3v) is 5.29. The van der Waals surface area contributed by atoms with Crippen molar-refractivity contribution in [3.63, 3.8) is 0 Å². The molecular formula is C20H16ClN3O5S. The molecule has 2 aromatic carbocycles. The lowest BCUT2D eigenvalue weighted by atomic mass is 10.2. The van der Waals surface area contributed by atoms with Crippen LogP contribution in [0.1, 0.15) is 15.9 Å². The number of aromatic nitrogens is 1. The van der Waals surface area contributed by atoms with E-state index in [1.54, 1.807) is 24.4 Å². The monoisotopic (exact) mass is 445 g/mol. The number of amides is 1. The summed E-state index contributed by atoms with van der Waals surface area (Å²) in [6.07, 6.45) is 4.36. The van der Waals surface area contributed by atoms with Crippen molar-refractivity contribution in [2.75, 3.05) is 7.11 Å². The van der Waals surface area contributed by atoms with Crippen LogP contribution in [-0.4, -0.2) is 32.6 Å². The van der Waals surface area contributed by atoms with Crippen LogP contribution in [0.15, 0.2) is 77.0 Å². The Hall–Kier alpha value is -3.43. The number of rotatable bonds is 7. The highest BCUT2D eigenvalue weighted by Crippen LogP contribution is 2.30. The molecule has 0 saturated heterocycles. The SMILES string of the molecule is COc1cc(C=NNC(=O)c2cccnc2)ccc1OS(=O)(=O)c1ccc(Cl)cc1. The lowest BCUT2D eigenvalue weighted by molar-refractivity contribution is 0.0954. The molecule has 8 nitrogen and oxygen atoms in total. The van der Waals surface area contributed by atoms with Crippen molar-refractivity contribution in [2.24, 2.45) is 5.10 Å². The van der Waals surface area contributed by atoms with Crippen molar-refractivity contribution in [1.29, 1.82) is 0 Å². The molecule has 1 heterocycles. The minimum atomic E-state index is -4.07. The van der Waals surface area contributed by atoms with Crippen LogP contribution in [0, 0.1) is 0 Å². The molecule has 0 spiro atoms. The van der Waals surface area contributed by atoms with E-state index in [1.807, 2.05) is 0 Å². The Morgan fingerprint density at radius 2 is 1.90 bits per heavy atom. The molecule has 154 valence electrons. The van der Waals surface area contributed by atoms with Crippen molar-refractivity contribution < 1.29 is 22.1 Å². The molecule has 10 heteroatoms. The highest BCUT2D eigenvalue weighted by molar-refractivity contribution is 7.87. The van der Waals surface area contributed by atoms with E-state index in [2.05, 4.69) is 15.5 Å². The van der Waals surface area contributed by atoms with Crippen molar-refractivity contribution in [1.82, 2.24) is 10.4 Å². The van der Waals surface area contributed by atoms with Crippen LogP contribution >= 0.6 is 11.6 Å². The third kappa shape index (κ3) is 5.34. The fraction of sp³-hybridized carbons (Fsp3) is 0.0500. The maximum absolute atomic E-state index is 12.4. The van der Waals surface area contributed by atoms with Gasteiger partial charge in [-0.05, 0) is 60.2 Å². The van der Waals surface area contributed by atoms with E-state index in [0.29, 0.717) is 16.1 Å². The Morgan fingerprint density at radius 3 is 2.57 bits per heavy atom. The number of hydrazone groups is 1. The van der Waals surface area contributed by atoms with Crippen LogP contribution in [-0.2, 0) is 10.1 Å². The van der Waals surface area contributed by atoms with E-state index < -0.39 is 16.0 Å². The number of benzene rings is 2. The fourth-order valence-corrected chi connectivity index (χ4v) is 3.39. The van der Waals surface area contributed by atoms with Crippen LogP contribution in [0.3, 0.4) is 0 Å². The number of ether oxygens (including phenoxy) is 1. The summed E-state index contributed by atoms with van der Waals surface area (Å²) >= 11 is 5.79. The predicted molar refractivity (Wildman–Crippen MR) is 112 cm³/mol. The zero-order valence-corrected chi connectivity index (χ0v) is 17.2. The normalized spacial score (nSPS) is 11.3. The second kappa shape index (κ2) is 9.38. The summed E-state index contributed by atoms with van der Waals surface area (Å²) in [6.45, 7) is 0. The Morgan fingerprint density at radius 1 is 1.13 bits per heavy atom. The summed E-state index contributed by atoms with van der Waals surface area (Å²) < 4.78 is 35.3. The third-order valence-electron chi connectivity index (χ3n) is 3.79. The summed E-state index contributed by atoms with van der Waals surface area (Å²) in [5, 5.41) is 4.28. The van der Waals surface area contributed by atoms with Gasteiger partial charge in [0.25, 0.3) is 5.91 Å². The van der Waals surface area contributed by atoms with Gasteiger partial charge in [-0.25, -0.2) is 5.43 Å². The Kier molecular flexibility index (Phi) is 6.65. The number of pyridine rings is 1. The molecule has 3 rings (SSSR count). The molecule has 30 heavy (non-hydrogen) atoms. The van der Waals surface area contributed by atoms with Crippen LogP contribution < -0.4 is 14.3 Å². The topological polar surface area (TPSA) is 107 Å². The molecule has 1 aromatic heterocycles. The van der Waals surface area contributed by atoms with Crippen molar-refractivity contribution >= 4 is 33.8 Å². The summed E-state index contributed by atoms with van der Waals surface area (Å²) in [6, 6.07) is 13.3. The standard InChI is InChI=1S/C20H16ClN3O5S/c1-28-19-11-14(12-23-24-20(25)15-3-2-10-22-13-15)4-9-18(19)29-30(26,27)17-7-5-16(21)6-8-17/h2-13H,1H3,(H,24,25). The zero-order chi connectivity index (χ0) is 21.6. The first-order valence-corrected chi connectivity index (χ1v) is 10.3. The second-order valence-electron chi connectivity index (χ2n) is 5.84. The summed E-state index contributed by atoms with van der Waals surface area (Å²) in [5.74, 6) is -0.237. The Labute approximate surface area is 178 Å². The first-order valence-electron chi connectivity index (χ1n) is 8.50. The van der Waals surface area contributed by atoms with Crippen LogP contribution in [0.5, 0.6) is 11.5 Å². The van der Waals surface area contributed by atoms with Gasteiger partial charge in [-0.15, -0.1) is 0 Å². The van der Waals surface area contributed by atoms with Crippen molar-refractivity contribution in [3.8, 4) is 11.5 Å². The van der Waals surface area contributed by atoms with E-state index in [4.69, 9.17) is 20.5 Å². The molecule has 0 aliphatic carbocycles. The maximum Gasteiger partial charge on any atom is 0.339 e. The van der Waals surface area contributed by atoms with Gasteiger partial charge >= 0.3 is 10.1 Å². The van der Waals surface area contributed by atoms with Gasteiger partial charge in [0.15, 0.2) is 11.5 Å². The maximum atomic E-state index is 12.4. The van der Waals surface area contributed by atoms with Gasteiger partial charge < -0.3 is 8.92 Å². The molecule has 0 radical (unpaired) electrons. The zero-order valence-electron chi connectivity index (χ0n) is 15.7. The number of methoxy groups -OCH3 is 1. The quantitative estimate of drug-likeness (QED) is 0.340. The minimum Gasteiger partial charge on any atom is -0.493 e. The highest BCUT2D eigenvalue weighted by Gasteiger charge is 2.19. The number of halogens is 1. The second-order valence-corrected chi connectivity index (χ2v) is 7.83. The Balaban J connectivity index is 1.73. The van der Waals surface area contributed by atoms with Gasteiger partial charge in [0.2, 0.25) is 0 Å². The molecule has 1 N–H and O–H groups in total. The lowest BCUT2D eigenvalue weighted by Gasteiger charge is -2.11. The van der Waals surface area contributed by atoms with Crippen molar-refractivity contribution in [3.05, 3.63) is 83.1 Å². The number of carbonyl (C=O) groups is 1. The van der Waals surface area contributed by atoms with Gasteiger partial charge in [0, 0.05) is 17.4 Å². The molecule has 0 unspecified atom stereocenters. The average molecular weight is 446 g/mol. The Bertz CT molecular complexity index is 1170. The molecule has 0 aliphatic heterocycles. The molecule has 0 fully saturated rings. The van der Waals surface area contributed by atoms with Crippen molar-refractivity contribution in [2.45, 2.75) is 4.90 Å². The average Bonchev–Trinajstić information content (AvgIpc) is 2.75. The van der Waals surface area contributed by atoms with E-state index in [9.17, 15) is 13.2 Å². The van der Waals surface area contributed by atoms with Gasteiger partial charge in [0.05, 0.1) is 18.9 Å². The summed E-state index contributed by atoms with van der Waals surface area (Å²) in [7, 11) is -2.69. The molecular weight excluding hydrogens is 430 g/mol. The molecule has 0 atom stereocenters. The highest BCUT2D eigenvalue weighted by atomic mass is 35.5. The van der Waals surface area contributed by atoms with Gasteiger partial charge in [-0.3, -0.25) is 9.78 Å². The number of hydrogen-bond donors (Lipinski definition) is 1. The van der Waals surface area contributed by atoms with E-state index in [0.717, 1.165) is 0 Å². The van der Waals surface area contributed by atoms with E-state index in [1.165, 1.54) is 55.9 Å². The fourth-order valence-electron chi connectivity index (χ4n) is 2.33. The van der Waals surface area contributed by atoms with E-state index in [-0.39, 0.29) is 16.4 Å². The van der Waals surface area contributed by atoms with Gasteiger partial charge in [-0.1, -0.05) is 11.6 Å². The summed E-state index contributed by atoms with van der Waals surface area (Å²) in [4.78, 5) is 15.8. The van der Waals surface area contributed by atoms with Gasteiger partial charge in [0.1, 0.15) is 4.90 Å². The number of carbonyl (C=O) groups excluding carboxylic acids is 1. The number of nitrogens with one attached hydrogen (secondary N) is 1. The first kappa shape index (κ1) is 21.3. The van der Waals surface area contributed by atoms with E-state index >= 15 is 0 Å². The lowest BCUT2D eigenvalue weighted by Crippen LogP contribution is -2.17. The van der Waals surface area contributed by atoms with Crippen LogP contribution in [0.4, 0.5) is 0 Å². The molecule has 3 aromatic rings. The molecule has 1 amide bonds. The minimum absolute atomic E-state index is 0.00370. The van der Waals surface area contributed by atoms with Crippen LogP contribution in [0.2, 0.25) is 5.02 Å². The number of nitrogens with zero attached hydrogens (tertiary/aromatic N) is 2. The van der Waals surface area contributed by atoms with Gasteiger partial charge in [-0.2, -0.15) is 13.5 Å².